The lowest BCUT2D eigenvalue weighted by atomic mass is 9.91. The third-order valence-corrected chi connectivity index (χ3v) is 4.67. The van der Waals surface area contributed by atoms with Gasteiger partial charge in [0.1, 0.15) is 11.9 Å². The molecule has 3 heterocycles. The van der Waals surface area contributed by atoms with Crippen LogP contribution in [0.4, 0.5) is 10.6 Å². The Kier molecular flexibility index (Phi) is 5.03. The maximum absolute atomic E-state index is 12.4. The van der Waals surface area contributed by atoms with Gasteiger partial charge in [-0.15, -0.1) is 5.10 Å². The van der Waals surface area contributed by atoms with Crippen molar-refractivity contribution in [3.05, 3.63) is 24.4 Å². The Hall–Kier alpha value is -2.42. The second-order valence-electron chi connectivity index (χ2n) is 6.77. The van der Waals surface area contributed by atoms with Crippen LogP contribution in [0.1, 0.15) is 44.7 Å². The topological polar surface area (TPSA) is 101 Å². The highest BCUT2D eigenvalue weighted by Crippen LogP contribution is 2.29. The zero-order valence-corrected chi connectivity index (χ0v) is 14.8. The van der Waals surface area contributed by atoms with Crippen molar-refractivity contribution in [2.24, 2.45) is 13.0 Å². The highest BCUT2D eigenvalue weighted by molar-refractivity contribution is 5.88. The number of anilines is 1. The van der Waals surface area contributed by atoms with Crippen LogP contribution in [0.2, 0.25) is 0 Å². The molecule has 2 aromatic heterocycles. The Morgan fingerprint density at radius 1 is 1.36 bits per heavy atom. The summed E-state index contributed by atoms with van der Waals surface area (Å²) in [5.74, 6) is 1.23. The van der Waals surface area contributed by atoms with Gasteiger partial charge in [-0.25, -0.2) is 14.5 Å². The summed E-state index contributed by atoms with van der Waals surface area (Å²) < 4.78 is 3.53. The quantitative estimate of drug-likeness (QED) is 0.874. The summed E-state index contributed by atoms with van der Waals surface area (Å²) in [4.78, 5) is 18.3. The Morgan fingerprint density at radius 2 is 2.08 bits per heavy atom. The first-order valence-corrected chi connectivity index (χ1v) is 8.58. The predicted molar refractivity (Wildman–Crippen MR) is 91.9 cm³/mol. The summed E-state index contributed by atoms with van der Waals surface area (Å²) in [6.45, 7) is 5.18. The third kappa shape index (κ3) is 3.81. The van der Waals surface area contributed by atoms with Gasteiger partial charge in [0.2, 0.25) is 0 Å². The standard InChI is InChI=1S/C16H25N7O2/c1-11(2)23-10-13(19-20-23)18-16(25)22-7-4-12(5-8-22)14(24)15-17-6-9-21(15)3/h6,9-12,14,24H,4-5,7-8H2,1-3H3,(H,18,25)/t14-/m1/s1. The van der Waals surface area contributed by atoms with Crippen molar-refractivity contribution in [1.29, 1.82) is 0 Å². The number of nitrogens with zero attached hydrogens (tertiary/aromatic N) is 6. The van der Waals surface area contributed by atoms with E-state index in [4.69, 9.17) is 0 Å². The van der Waals surface area contributed by atoms with E-state index in [1.807, 2.05) is 31.7 Å². The van der Waals surface area contributed by atoms with Crippen LogP contribution < -0.4 is 5.32 Å². The number of nitrogens with one attached hydrogen (secondary N) is 1. The number of aliphatic hydroxyl groups is 1. The second kappa shape index (κ2) is 7.22. The molecule has 1 atom stereocenters. The first kappa shape index (κ1) is 17.4. The molecule has 1 aliphatic heterocycles. The summed E-state index contributed by atoms with van der Waals surface area (Å²) >= 11 is 0. The fourth-order valence-electron chi connectivity index (χ4n) is 3.07. The van der Waals surface area contributed by atoms with E-state index in [1.165, 1.54) is 0 Å². The van der Waals surface area contributed by atoms with Gasteiger partial charge < -0.3 is 14.6 Å². The van der Waals surface area contributed by atoms with E-state index >= 15 is 0 Å². The van der Waals surface area contributed by atoms with Gasteiger partial charge in [0.05, 0.1) is 6.20 Å². The number of carbonyl (C=O) groups excluding carboxylic acids is 1. The Morgan fingerprint density at radius 3 is 2.64 bits per heavy atom. The first-order valence-electron chi connectivity index (χ1n) is 8.58. The molecular weight excluding hydrogens is 322 g/mol. The zero-order valence-electron chi connectivity index (χ0n) is 14.8. The molecule has 2 N–H and O–H groups in total. The van der Waals surface area contributed by atoms with Crippen molar-refractivity contribution in [3.63, 3.8) is 0 Å². The van der Waals surface area contributed by atoms with Crippen LogP contribution in [-0.2, 0) is 7.05 Å². The highest BCUT2D eigenvalue weighted by atomic mass is 16.3. The van der Waals surface area contributed by atoms with E-state index in [9.17, 15) is 9.90 Å². The summed E-state index contributed by atoms with van der Waals surface area (Å²) in [6, 6.07) is 0.0160. The van der Waals surface area contributed by atoms with Crippen molar-refractivity contribution < 1.29 is 9.90 Å². The number of aromatic nitrogens is 5. The molecule has 0 spiro atoms. The van der Waals surface area contributed by atoms with Gasteiger partial charge in [-0.05, 0) is 32.6 Å². The van der Waals surface area contributed by atoms with Gasteiger partial charge in [-0.3, -0.25) is 5.32 Å². The van der Waals surface area contributed by atoms with Crippen molar-refractivity contribution in [3.8, 4) is 0 Å². The molecule has 9 nitrogen and oxygen atoms in total. The van der Waals surface area contributed by atoms with Gasteiger partial charge in [0.15, 0.2) is 5.82 Å². The number of imidazole rings is 1. The lowest BCUT2D eigenvalue weighted by molar-refractivity contribution is 0.0599. The number of rotatable bonds is 4. The van der Waals surface area contributed by atoms with E-state index in [0.717, 1.165) is 12.8 Å². The molecule has 2 aromatic rings. The lowest BCUT2D eigenvalue weighted by Crippen LogP contribution is -2.42. The van der Waals surface area contributed by atoms with Gasteiger partial charge in [0.25, 0.3) is 0 Å². The number of hydrogen-bond acceptors (Lipinski definition) is 5. The van der Waals surface area contributed by atoms with Crippen LogP contribution >= 0.6 is 0 Å². The molecule has 25 heavy (non-hydrogen) atoms. The number of aryl methyl sites for hydroxylation is 1. The summed E-state index contributed by atoms with van der Waals surface area (Å²) in [7, 11) is 1.87. The summed E-state index contributed by atoms with van der Waals surface area (Å²) in [6.07, 6.45) is 6.10. The fraction of sp³-hybridized carbons (Fsp3) is 0.625. The minimum atomic E-state index is -0.601. The van der Waals surface area contributed by atoms with Gasteiger partial charge in [-0.1, -0.05) is 5.21 Å². The van der Waals surface area contributed by atoms with E-state index in [-0.39, 0.29) is 18.0 Å². The van der Waals surface area contributed by atoms with Crippen LogP contribution in [0.3, 0.4) is 0 Å². The van der Waals surface area contributed by atoms with Crippen LogP contribution in [0.5, 0.6) is 0 Å². The Balaban J connectivity index is 1.53. The SMILES string of the molecule is CC(C)n1cc(NC(=O)N2CCC([C@@H](O)c3nccn3C)CC2)nn1. The van der Waals surface area contributed by atoms with E-state index in [0.29, 0.717) is 24.7 Å². The Labute approximate surface area is 146 Å². The molecule has 3 rings (SSSR count). The minimum Gasteiger partial charge on any atom is -0.385 e. The fourth-order valence-corrected chi connectivity index (χ4v) is 3.07. The molecule has 1 fully saturated rings. The molecule has 0 aliphatic carbocycles. The molecule has 0 bridgehead atoms. The van der Waals surface area contributed by atoms with Crippen molar-refractivity contribution >= 4 is 11.8 Å². The molecule has 2 amide bonds. The van der Waals surface area contributed by atoms with Crippen LogP contribution in [0.15, 0.2) is 18.6 Å². The van der Waals surface area contributed by atoms with Crippen molar-refractivity contribution in [1.82, 2.24) is 29.4 Å². The Bertz CT molecular complexity index is 716. The van der Waals surface area contributed by atoms with E-state index in [1.54, 1.807) is 22.0 Å². The molecule has 1 saturated heterocycles. The highest BCUT2D eigenvalue weighted by Gasteiger charge is 2.30. The largest absolute Gasteiger partial charge is 0.385 e. The zero-order chi connectivity index (χ0) is 18.0. The minimum absolute atomic E-state index is 0.104. The number of aliphatic hydroxyl groups excluding tert-OH is 1. The number of urea groups is 1. The maximum Gasteiger partial charge on any atom is 0.323 e. The molecule has 0 radical (unpaired) electrons. The van der Waals surface area contributed by atoms with Gasteiger partial charge in [0, 0.05) is 38.6 Å². The third-order valence-electron chi connectivity index (χ3n) is 4.67. The maximum atomic E-state index is 12.4. The molecule has 0 aromatic carbocycles. The van der Waals surface area contributed by atoms with E-state index < -0.39 is 6.10 Å². The summed E-state index contributed by atoms with van der Waals surface area (Å²) in [5.41, 5.74) is 0. The van der Waals surface area contributed by atoms with Crippen LogP contribution in [0, 0.1) is 5.92 Å². The average molecular weight is 347 g/mol. The van der Waals surface area contributed by atoms with Gasteiger partial charge in [-0.2, -0.15) is 0 Å². The molecule has 1 aliphatic rings. The van der Waals surface area contributed by atoms with Crippen molar-refractivity contribution in [2.45, 2.75) is 38.8 Å². The molecule has 9 heteroatoms. The first-order chi connectivity index (χ1) is 12.0. The predicted octanol–water partition coefficient (Wildman–Crippen LogP) is 1.57. The second-order valence-corrected chi connectivity index (χ2v) is 6.77. The normalized spacial score (nSPS) is 17.1. The van der Waals surface area contributed by atoms with Crippen molar-refractivity contribution in [2.75, 3.05) is 18.4 Å². The van der Waals surface area contributed by atoms with Crippen LogP contribution in [-0.4, -0.2) is 53.7 Å². The molecule has 136 valence electrons. The number of likely N-dealkylation sites (tertiary alicyclic amines) is 1. The molecule has 0 saturated carbocycles. The van der Waals surface area contributed by atoms with E-state index in [2.05, 4.69) is 20.6 Å². The number of piperidine rings is 1. The van der Waals surface area contributed by atoms with Gasteiger partial charge >= 0.3 is 6.03 Å². The smallest absolute Gasteiger partial charge is 0.323 e. The lowest BCUT2D eigenvalue weighted by Gasteiger charge is -2.33. The monoisotopic (exact) mass is 347 g/mol. The number of hydrogen-bond donors (Lipinski definition) is 2. The number of carbonyl (C=O) groups is 1. The number of amides is 2. The molecule has 0 unspecified atom stereocenters. The van der Waals surface area contributed by atoms with Crippen LogP contribution in [0.25, 0.3) is 0 Å². The summed E-state index contributed by atoms with van der Waals surface area (Å²) in [5, 5.41) is 21.2. The average Bonchev–Trinajstić information content (AvgIpc) is 3.23. The molecular formula is C16H25N7O2.